The predicted molar refractivity (Wildman–Crippen MR) is 76.2 cm³/mol. The van der Waals surface area contributed by atoms with Gasteiger partial charge in [-0.05, 0) is 31.2 Å². The van der Waals surface area contributed by atoms with Crippen LogP contribution in [0.5, 0.6) is 0 Å². The Kier molecular flexibility index (Phi) is 6.68. The molecule has 1 amide bonds. The zero-order valence-corrected chi connectivity index (χ0v) is 12.3. The average Bonchev–Trinajstić information content (AvgIpc) is 2.40. The lowest BCUT2D eigenvalue weighted by atomic mass is 9.88. The minimum atomic E-state index is -1.55. The molecule has 0 saturated carbocycles. The van der Waals surface area contributed by atoms with E-state index in [0.29, 0.717) is 24.8 Å². The lowest BCUT2D eigenvalue weighted by Gasteiger charge is -2.19. The van der Waals surface area contributed by atoms with Crippen LogP contribution in [0.4, 0.5) is 18.9 Å². The fourth-order valence-corrected chi connectivity index (χ4v) is 2.19. The summed E-state index contributed by atoms with van der Waals surface area (Å²) in [4.78, 5) is 11.8. The van der Waals surface area contributed by atoms with E-state index in [1.165, 1.54) is 0 Å². The molecule has 3 nitrogen and oxygen atoms in total. The Balaban J connectivity index is 2.58. The van der Waals surface area contributed by atoms with Gasteiger partial charge in [0.15, 0.2) is 17.5 Å². The van der Waals surface area contributed by atoms with Gasteiger partial charge in [-0.3, -0.25) is 4.79 Å². The van der Waals surface area contributed by atoms with Crippen LogP contribution >= 0.6 is 0 Å². The van der Waals surface area contributed by atoms with Crippen LogP contribution < -0.4 is 11.1 Å². The molecule has 0 bridgehead atoms. The van der Waals surface area contributed by atoms with E-state index in [9.17, 15) is 18.0 Å². The Morgan fingerprint density at radius 2 is 1.76 bits per heavy atom. The average molecular weight is 302 g/mol. The number of halogens is 3. The highest BCUT2D eigenvalue weighted by Gasteiger charge is 2.16. The molecular formula is C15H21F3N2O. The van der Waals surface area contributed by atoms with Crippen LogP contribution in [0.1, 0.15) is 33.1 Å². The Hall–Kier alpha value is -1.56. The van der Waals surface area contributed by atoms with Crippen LogP contribution in [-0.4, -0.2) is 12.5 Å². The number of hydrogen-bond donors (Lipinski definition) is 2. The van der Waals surface area contributed by atoms with Crippen molar-refractivity contribution in [3.8, 4) is 0 Å². The lowest BCUT2D eigenvalue weighted by Crippen LogP contribution is -2.18. The van der Waals surface area contributed by atoms with Gasteiger partial charge in [0.25, 0.3) is 0 Å². The SMILES string of the molecule is CC(C)C(CCN)CCC(=O)Nc1cc(F)c(F)c(F)c1. The van der Waals surface area contributed by atoms with E-state index in [0.717, 1.165) is 18.6 Å². The van der Waals surface area contributed by atoms with Gasteiger partial charge in [-0.25, -0.2) is 13.2 Å². The third-order valence-electron chi connectivity index (χ3n) is 3.49. The first-order valence-electron chi connectivity index (χ1n) is 6.99. The summed E-state index contributed by atoms with van der Waals surface area (Å²) in [7, 11) is 0. The van der Waals surface area contributed by atoms with Crippen molar-refractivity contribution in [2.75, 3.05) is 11.9 Å². The van der Waals surface area contributed by atoms with Gasteiger partial charge in [0.2, 0.25) is 5.91 Å². The highest BCUT2D eigenvalue weighted by atomic mass is 19.2. The summed E-state index contributed by atoms with van der Waals surface area (Å²) in [6.45, 7) is 4.67. The van der Waals surface area contributed by atoms with Gasteiger partial charge in [0.05, 0.1) is 0 Å². The number of hydrogen-bond acceptors (Lipinski definition) is 2. The van der Waals surface area contributed by atoms with Gasteiger partial charge in [0.1, 0.15) is 0 Å². The largest absolute Gasteiger partial charge is 0.330 e. The molecule has 1 aromatic carbocycles. The molecule has 0 aliphatic rings. The quantitative estimate of drug-likeness (QED) is 0.758. The summed E-state index contributed by atoms with van der Waals surface area (Å²) in [5.74, 6) is -3.83. The van der Waals surface area contributed by atoms with Gasteiger partial charge in [-0.15, -0.1) is 0 Å². The van der Waals surface area contributed by atoms with E-state index in [1.807, 2.05) is 0 Å². The molecule has 0 spiro atoms. The molecule has 118 valence electrons. The normalized spacial score (nSPS) is 12.5. The second-order valence-corrected chi connectivity index (χ2v) is 5.42. The van der Waals surface area contributed by atoms with Gasteiger partial charge in [-0.1, -0.05) is 13.8 Å². The molecule has 0 radical (unpaired) electrons. The van der Waals surface area contributed by atoms with Gasteiger partial charge < -0.3 is 11.1 Å². The summed E-state index contributed by atoms with van der Waals surface area (Å²) >= 11 is 0. The van der Waals surface area contributed by atoms with Crippen molar-refractivity contribution in [1.29, 1.82) is 0 Å². The van der Waals surface area contributed by atoms with Gasteiger partial charge >= 0.3 is 0 Å². The Morgan fingerprint density at radius 1 is 1.19 bits per heavy atom. The lowest BCUT2D eigenvalue weighted by molar-refractivity contribution is -0.116. The second kappa shape index (κ2) is 8.02. The highest BCUT2D eigenvalue weighted by molar-refractivity contribution is 5.90. The van der Waals surface area contributed by atoms with Crippen molar-refractivity contribution >= 4 is 11.6 Å². The fraction of sp³-hybridized carbons (Fsp3) is 0.533. The van der Waals surface area contributed by atoms with Crippen molar-refractivity contribution in [2.24, 2.45) is 17.6 Å². The van der Waals surface area contributed by atoms with Crippen LogP contribution in [0.3, 0.4) is 0 Å². The Bertz CT molecular complexity index is 469. The number of amides is 1. The predicted octanol–water partition coefficient (Wildman–Crippen LogP) is 3.44. The zero-order chi connectivity index (χ0) is 16.0. The van der Waals surface area contributed by atoms with Gasteiger partial charge in [0, 0.05) is 24.2 Å². The molecule has 1 unspecified atom stereocenters. The molecule has 6 heteroatoms. The molecule has 1 aromatic rings. The minimum Gasteiger partial charge on any atom is -0.330 e. The first kappa shape index (κ1) is 17.5. The Morgan fingerprint density at radius 3 is 2.24 bits per heavy atom. The molecule has 3 N–H and O–H groups in total. The third kappa shape index (κ3) is 5.38. The molecule has 0 heterocycles. The van der Waals surface area contributed by atoms with Crippen LogP contribution in [-0.2, 0) is 4.79 Å². The number of benzene rings is 1. The molecule has 1 rings (SSSR count). The van der Waals surface area contributed by atoms with E-state index in [2.05, 4.69) is 19.2 Å². The molecule has 0 saturated heterocycles. The van der Waals surface area contributed by atoms with E-state index in [4.69, 9.17) is 5.73 Å². The molecule has 0 aliphatic carbocycles. The number of nitrogens with one attached hydrogen (secondary N) is 1. The topological polar surface area (TPSA) is 55.1 Å². The molecule has 0 fully saturated rings. The smallest absolute Gasteiger partial charge is 0.224 e. The summed E-state index contributed by atoms with van der Waals surface area (Å²) in [5, 5.41) is 2.37. The molecule has 1 atom stereocenters. The third-order valence-corrected chi connectivity index (χ3v) is 3.49. The van der Waals surface area contributed by atoms with Crippen molar-refractivity contribution in [2.45, 2.75) is 33.1 Å². The summed E-state index contributed by atoms with van der Waals surface area (Å²) < 4.78 is 38.9. The number of anilines is 1. The highest BCUT2D eigenvalue weighted by Crippen LogP contribution is 2.21. The van der Waals surface area contributed by atoms with Crippen molar-refractivity contribution in [3.05, 3.63) is 29.6 Å². The van der Waals surface area contributed by atoms with Crippen LogP contribution in [0.25, 0.3) is 0 Å². The maximum absolute atomic E-state index is 13.0. The summed E-state index contributed by atoms with van der Waals surface area (Å²) in [6.07, 6.45) is 1.70. The van der Waals surface area contributed by atoms with E-state index in [-0.39, 0.29) is 18.0 Å². The van der Waals surface area contributed by atoms with E-state index in [1.54, 1.807) is 0 Å². The van der Waals surface area contributed by atoms with Gasteiger partial charge in [-0.2, -0.15) is 0 Å². The summed E-state index contributed by atoms with van der Waals surface area (Å²) in [6, 6.07) is 1.52. The number of carbonyl (C=O) groups excluding carboxylic acids is 1. The van der Waals surface area contributed by atoms with E-state index >= 15 is 0 Å². The molecule has 0 aliphatic heterocycles. The first-order chi connectivity index (χ1) is 9.85. The maximum Gasteiger partial charge on any atom is 0.224 e. The molecular weight excluding hydrogens is 281 g/mol. The van der Waals surface area contributed by atoms with Crippen molar-refractivity contribution in [3.63, 3.8) is 0 Å². The van der Waals surface area contributed by atoms with Crippen LogP contribution in [0.2, 0.25) is 0 Å². The second-order valence-electron chi connectivity index (χ2n) is 5.42. The van der Waals surface area contributed by atoms with Crippen molar-refractivity contribution in [1.82, 2.24) is 0 Å². The fourth-order valence-electron chi connectivity index (χ4n) is 2.19. The van der Waals surface area contributed by atoms with Crippen LogP contribution in [0.15, 0.2) is 12.1 Å². The number of carbonyl (C=O) groups is 1. The first-order valence-corrected chi connectivity index (χ1v) is 6.99. The minimum absolute atomic E-state index is 0.0867. The number of nitrogens with two attached hydrogens (primary N) is 1. The van der Waals surface area contributed by atoms with E-state index < -0.39 is 17.5 Å². The summed E-state index contributed by atoms with van der Waals surface area (Å²) in [5.41, 5.74) is 5.44. The molecule has 21 heavy (non-hydrogen) atoms. The monoisotopic (exact) mass is 302 g/mol. The number of rotatable bonds is 7. The molecule has 0 aromatic heterocycles. The standard InChI is InChI=1S/C15H21F3N2O/c1-9(2)10(5-6-19)3-4-14(21)20-11-7-12(16)15(18)13(17)8-11/h7-10H,3-6,19H2,1-2H3,(H,20,21). The Labute approximate surface area is 122 Å². The maximum atomic E-state index is 13.0. The van der Waals surface area contributed by atoms with Crippen molar-refractivity contribution < 1.29 is 18.0 Å². The zero-order valence-electron chi connectivity index (χ0n) is 12.3. The van der Waals surface area contributed by atoms with Crippen LogP contribution in [0, 0.1) is 29.3 Å².